The third-order valence-corrected chi connectivity index (χ3v) is 3.62. The Balaban J connectivity index is 1.72. The van der Waals surface area contributed by atoms with Crippen LogP contribution in [0.25, 0.3) is 0 Å². The predicted octanol–water partition coefficient (Wildman–Crippen LogP) is 0.0883. The fourth-order valence-electron chi connectivity index (χ4n) is 2.48. The third-order valence-electron chi connectivity index (χ3n) is 3.62. The van der Waals surface area contributed by atoms with Crippen molar-refractivity contribution >= 4 is 17.5 Å². The third kappa shape index (κ3) is 5.07. The SMILES string of the molecule is O=C(C[NH+]1CCCCC1)NCC(=O)Nc1ccc(F)c(F)c1. The maximum atomic E-state index is 13.0. The molecule has 1 aromatic carbocycles. The Morgan fingerprint density at radius 1 is 1.05 bits per heavy atom. The molecule has 1 heterocycles. The van der Waals surface area contributed by atoms with Gasteiger partial charge in [-0.3, -0.25) is 9.59 Å². The van der Waals surface area contributed by atoms with Crippen LogP contribution in [0, 0.1) is 11.6 Å². The van der Waals surface area contributed by atoms with E-state index in [1.165, 1.54) is 17.4 Å². The Hall–Kier alpha value is -2.02. The number of carbonyl (C=O) groups excluding carboxylic acids is 2. The molecule has 2 rings (SSSR count). The quantitative estimate of drug-likeness (QED) is 0.721. The number of carbonyl (C=O) groups is 2. The largest absolute Gasteiger partial charge is 0.342 e. The zero-order valence-electron chi connectivity index (χ0n) is 12.3. The number of amides is 2. The summed E-state index contributed by atoms with van der Waals surface area (Å²) in [5.41, 5.74) is 0.153. The van der Waals surface area contributed by atoms with Gasteiger partial charge in [0.05, 0.1) is 19.6 Å². The molecule has 5 nitrogen and oxygen atoms in total. The molecule has 1 aromatic rings. The molecule has 0 unspecified atom stereocenters. The normalized spacial score (nSPS) is 15.4. The fraction of sp³-hybridized carbons (Fsp3) is 0.467. The van der Waals surface area contributed by atoms with E-state index in [0.717, 1.165) is 38.1 Å². The van der Waals surface area contributed by atoms with Crippen molar-refractivity contribution in [2.45, 2.75) is 19.3 Å². The molecule has 0 saturated carbocycles. The van der Waals surface area contributed by atoms with Crippen molar-refractivity contribution in [2.24, 2.45) is 0 Å². The Bertz CT molecular complexity index is 546. The summed E-state index contributed by atoms with van der Waals surface area (Å²) in [5, 5.41) is 4.94. The average Bonchev–Trinajstić information content (AvgIpc) is 2.50. The minimum atomic E-state index is -1.03. The van der Waals surface area contributed by atoms with E-state index in [1.807, 2.05) is 0 Å². The molecule has 0 radical (unpaired) electrons. The van der Waals surface area contributed by atoms with E-state index in [-0.39, 0.29) is 18.1 Å². The highest BCUT2D eigenvalue weighted by Gasteiger charge is 2.17. The van der Waals surface area contributed by atoms with Gasteiger partial charge in [0.1, 0.15) is 0 Å². The first kappa shape index (κ1) is 16.4. The summed E-state index contributed by atoms with van der Waals surface area (Å²) in [6, 6.07) is 3.09. The van der Waals surface area contributed by atoms with Gasteiger partial charge in [-0.1, -0.05) is 0 Å². The molecule has 1 aliphatic heterocycles. The second-order valence-electron chi connectivity index (χ2n) is 5.44. The number of quaternary nitrogens is 1. The number of rotatable bonds is 5. The van der Waals surface area contributed by atoms with Crippen molar-refractivity contribution in [3.63, 3.8) is 0 Å². The molecule has 2 amide bonds. The van der Waals surface area contributed by atoms with E-state index >= 15 is 0 Å². The van der Waals surface area contributed by atoms with Crippen LogP contribution in [0.5, 0.6) is 0 Å². The number of halogens is 2. The van der Waals surface area contributed by atoms with E-state index in [4.69, 9.17) is 0 Å². The number of piperidine rings is 1. The predicted molar refractivity (Wildman–Crippen MR) is 77.4 cm³/mol. The summed E-state index contributed by atoms with van der Waals surface area (Å²) in [6.07, 6.45) is 3.46. The van der Waals surface area contributed by atoms with Crippen LogP contribution in [-0.2, 0) is 9.59 Å². The number of likely N-dealkylation sites (tertiary alicyclic amines) is 1. The summed E-state index contributed by atoms with van der Waals surface area (Å²) < 4.78 is 25.8. The van der Waals surface area contributed by atoms with Crippen LogP contribution in [0.15, 0.2) is 18.2 Å². The molecular formula is C15H20F2N3O2+. The summed E-state index contributed by atoms with van der Waals surface area (Å²) in [7, 11) is 0. The molecule has 0 aliphatic carbocycles. The lowest BCUT2D eigenvalue weighted by Crippen LogP contribution is -3.13. The van der Waals surface area contributed by atoms with Crippen LogP contribution in [0.3, 0.4) is 0 Å². The molecule has 0 spiro atoms. The number of hydrogen-bond acceptors (Lipinski definition) is 2. The molecule has 1 fully saturated rings. The van der Waals surface area contributed by atoms with Gasteiger partial charge in [0, 0.05) is 11.8 Å². The Morgan fingerprint density at radius 3 is 2.45 bits per heavy atom. The molecule has 7 heteroatoms. The van der Waals surface area contributed by atoms with Crippen LogP contribution in [0.4, 0.5) is 14.5 Å². The van der Waals surface area contributed by atoms with E-state index in [0.29, 0.717) is 6.54 Å². The second-order valence-corrected chi connectivity index (χ2v) is 5.44. The minimum absolute atomic E-state index is 0.153. The van der Waals surface area contributed by atoms with Crippen LogP contribution < -0.4 is 15.5 Å². The van der Waals surface area contributed by atoms with Crippen LogP contribution in [-0.4, -0.2) is 38.0 Å². The van der Waals surface area contributed by atoms with E-state index in [9.17, 15) is 18.4 Å². The van der Waals surface area contributed by atoms with Gasteiger partial charge in [0.25, 0.3) is 5.91 Å². The van der Waals surface area contributed by atoms with Crippen LogP contribution >= 0.6 is 0 Å². The number of benzene rings is 1. The van der Waals surface area contributed by atoms with Crippen molar-refractivity contribution in [1.29, 1.82) is 0 Å². The van der Waals surface area contributed by atoms with Gasteiger partial charge in [0.15, 0.2) is 18.2 Å². The Kier molecular flexibility index (Phi) is 5.83. The van der Waals surface area contributed by atoms with Gasteiger partial charge >= 0.3 is 0 Å². The topological polar surface area (TPSA) is 62.6 Å². The second kappa shape index (κ2) is 7.84. The molecule has 0 atom stereocenters. The van der Waals surface area contributed by atoms with Crippen molar-refractivity contribution in [2.75, 3.05) is 31.5 Å². The highest BCUT2D eigenvalue weighted by molar-refractivity contribution is 5.94. The Labute approximate surface area is 127 Å². The molecule has 1 saturated heterocycles. The Morgan fingerprint density at radius 2 is 1.77 bits per heavy atom. The average molecular weight is 312 g/mol. The molecule has 1 aliphatic rings. The van der Waals surface area contributed by atoms with Crippen molar-refractivity contribution < 1.29 is 23.3 Å². The first-order valence-electron chi connectivity index (χ1n) is 7.40. The van der Waals surface area contributed by atoms with Crippen LogP contribution in [0.1, 0.15) is 19.3 Å². The first-order valence-corrected chi connectivity index (χ1v) is 7.40. The summed E-state index contributed by atoms with van der Waals surface area (Å²) in [5.74, 6) is -2.67. The van der Waals surface area contributed by atoms with Crippen molar-refractivity contribution in [3.8, 4) is 0 Å². The smallest absolute Gasteiger partial charge is 0.275 e. The molecule has 0 aromatic heterocycles. The summed E-state index contributed by atoms with van der Waals surface area (Å²) in [6.45, 7) is 2.13. The fourth-order valence-corrected chi connectivity index (χ4v) is 2.48. The molecule has 120 valence electrons. The molecule has 0 bridgehead atoms. The molecule has 22 heavy (non-hydrogen) atoms. The molecule has 3 N–H and O–H groups in total. The van der Waals surface area contributed by atoms with E-state index in [1.54, 1.807) is 0 Å². The first-order chi connectivity index (χ1) is 10.5. The standard InChI is InChI=1S/C15H19F2N3O2/c16-12-5-4-11(8-13(12)17)19-14(21)9-18-15(22)10-20-6-2-1-3-7-20/h4-5,8H,1-3,6-7,9-10H2,(H,18,22)(H,19,21)/p+1. The molecular weight excluding hydrogens is 292 g/mol. The van der Waals surface area contributed by atoms with Gasteiger partial charge in [-0.15, -0.1) is 0 Å². The van der Waals surface area contributed by atoms with Crippen LogP contribution in [0.2, 0.25) is 0 Å². The maximum Gasteiger partial charge on any atom is 0.275 e. The zero-order chi connectivity index (χ0) is 15.9. The minimum Gasteiger partial charge on any atom is -0.342 e. The summed E-state index contributed by atoms with van der Waals surface area (Å²) >= 11 is 0. The summed E-state index contributed by atoms with van der Waals surface area (Å²) in [4.78, 5) is 24.6. The monoisotopic (exact) mass is 312 g/mol. The van der Waals surface area contributed by atoms with Gasteiger partial charge in [-0.25, -0.2) is 8.78 Å². The van der Waals surface area contributed by atoms with Crippen molar-refractivity contribution in [1.82, 2.24) is 5.32 Å². The number of nitrogens with one attached hydrogen (secondary N) is 3. The highest BCUT2D eigenvalue weighted by Crippen LogP contribution is 2.12. The van der Waals surface area contributed by atoms with Crippen molar-refractivity contribution in [3.05, 3.63) is 29.8 Å². The van der Waals surface area contributed by atoms with E-state index < -0.39 is 17.5 Å². The van der Waals surface area contributed by atoms with Gasteiger partial charge in [-0.05, 0) is 31.4 Å². The lowest BCUT2D eigenvalue weighted by Gasteiger charge is -2.22. The number of hydrogen-bond donors (Lipinski definition) is 3. The maximum absolute atomic E-state index is 13.0. The zero-order valence-corrected chi connectivity index (χ0v) is 12.3. The lowest BCUT2D eigenvalue weighted by molar-refractivity contribution is -0.896. The van der Waals surface area contributed by atoms with Gasteiger partial charge in [0.2, 0.25) is 5.91 Å². The highest BCUT2D eigenvalue weighted by atomic mass is 19.2. The van der Waals surface area contributed by atoms with E-state index in [2.05, 4.69) is 10.6 Å². The number of anilines is 1. The van der Waals surface area contributed by atoms with Gasteiger partial charge in [-0.2, -0.15) is 0 Å². The lowest BCUT2D eigenvalue weighted by atomic mass is 10.1. The van der Waals surface area contributed by atoms with Gasteiger partial charge < -0.3 is 15.5 Å².